The normalized spacial score (nSPS) is 25.6. The first-order valence-corrected chi connectivity index (χ1v) is 6.37. The number of aromatic nitrogens is 2. The molecule has 1 saturated carbocycles. The van der Waals surface area contributed by atoms with E-state index in [2.05, 4.69) is 11.9 Å². The molecule has 4 heteroatoms. The van der Waals surface area contributed by atoms with Gasteiger partial charge in [-0.1, -0.05) is 26.2 Å². The number of rotatable bonds is 2. The smallest absolute Gasteiger partial charge is 0.251 e. The standard InChI is InChI=1S/C12H18N2OS/c1-9-4-2-3-5-10(9)8-14-7-6-11(15)13-12(14)16/h6-7,9-10H,2-5,8H2,1H3,(H,13,15,16). The van der Waals surface area contributed by atoms with Gasteiger partial charge in [-0.25, -0.2) is 0 Å². The van der Waals surface area contributed by atoms with Crippen molar-refractivity contribution in [3.05, 3.63) is 27.4 Å². The molecule has 2 rings (SSSR count). The SMILES string of the molecule is CC1CCCCC1Cn1ccc(=O)[nH]c1=S. The molecule has 1 aliphatic carbocycles. The van der Waals surface area contributed by atoms with Gasteiger partial charge in [-0.05, 0) is 30.5 Å². The Morgan fingerprint density at radius 3 is 2.94 bits per heavy atom. The van der Waals surface area contributed by atoms with Crippen molar-refractivity contribution in [1.29, 1.82) is 0 Å². The molecule has 1 aliphatic rings. The molecule has 1 fully saturated rings. The van der Waals surface area contributed by atoms with E-state index in [4.69, 9.17) is 12.2 Å². The highest BCUT2D eigenvalue weighted by molar-refractivity contribution is 7.71. The van der Waals surface area contributed by atoms with Gasteiger partial charge in [-0.2, -0.15) is 0 Å². The topological polar surface area (TPSA) is 37.8 Å². The summed E-state index contributed by atoms with van der Waals surface area (Å²) in [5.74, 6) is 1.47. The van der Waals surface area contributed by atoms with Gasteiger partial charge in [-0.15, -0.1) is 0 Å². The first-order chi connectivity index (χ1) is 7.66. The molecule has 2 unspecified atom stereocenters. The summed E-state index contributed by atoms with van der Waals surface area (Å²) < 4.78 is 2.54. The summed E-state index contributed by atoms with van der Waals surface area (Å²) in [7, 11) is 0. The van der Waals surface area contributed by atoms with E-state index in [-0.39, 0.29) is 5.56 Å². The van der Waals surface area contributed by atoms with E-state index >= 15 is 0 Å². The summed E-state index contributed by atoms with van der Waals surface area (Å²) in [5.41, 5.74) is -0.113. The van der Waals surface area contributed by atoms with E-state index in [0.29, 0.717) is 10.7 Å². The average Bonchev–Trinajstić information content (AvgIpc) is 2.25. The molecule has 1 heterocycles. The monoisotopic (exact) mass is 238 g/mol. The Morgan fingerprint density at radius 2 is 2.25 bits per heavy atom. The van der Waals surface area contributed by atoms with Crippen molar-refractivity contribution in [2.24, 2.45) is 11.8 Å². The van der Waals surface area contributed by atoms with Crippen molar-refractivity contribution in [1.82, 2.24) is 9.55 Å². The first-order valence-electron chi connectivity index (χ1n) is 5.96. The predicted octanol–water partition coefficient (Wildman–Crippen LogP) is 2.73. The number of hydrogen-bond donors (Lipinski definition) is 1. The van der Waals surface area contributed by atoms with Crippen molar-refractivity contribution < 1.29 is 0 Å². The second kappa shape index (κ2) is 4.95. The summed E-state index contributed by atoms with van der Waals surface area (Å²) in [5, 5.41) is 0. The van der Waals surface area contributed by atoms with E-state index < -0.39 is 0 Å². The Bertz CT molecular complexity index is 463. The first kappa shape index (κ1) is 11.6. The Balaban J connectivity index is 2.14. The minimum Gasteiger partial charge on any atom is -0.325 e. The molecule has 0 saturated heterocycles. The molecule has 1 N–H and O–H groups in total. The molecule has 1 aromatic rings. The highest BCUT2D eigenvalue weighted by Crippen LogP contribution is 2.30. The van der Waals surface area contributed by atoms with Crippen molar-refractivity contribution in [3.8, 4) is 0 Å². The summed E-state index contributed by atoms with van der Waals surface area (Å²) >= 11 is 5.15. The number of aromatic amines is 1. The molecule has 1 aromatic heterocycles. The average molecular weight is 238 g/mol. The molecule has 0 spiro atoms. The minimum absolute atomic E-state index is 0.113. The zero-order valence-corrected chi connectivity index (χ0v) is 10.4. The molecule has 16 heavy (non-hydrogen) atoms. The van der Waals surface area contributed by atoms with Crippen LogP contribution in [-0.4, -0.2) is 9.55 Å². The maximum absolute atomic E-state index is 11.1. The zero-order chi connectivity index (χ0) is 11.5. The second-order valence-corrected chi connectivity index (χ2v) is 5.17. The fraction of sp³-hybridized carbons (Fsp3) is 0.667. The van der Waals surface area contributed by atoms with Gasteiger partial charge in [0.05, 0.1) is 0 Å². The third kappa shape index (κ3) is 2.61. The van der Waals surface area contributed by atoms with Crippen LogP contribution in [-0.2, 0) is 6.54 Å². The highest BCUT2D eigenvalue weighted by Gasteiger charge is 2.21. The Kier molecular flexibility index (Phi) is 3.59. The Labute approximate surface area is 101 Å². The van der Waals surface area contributed by atoms with Gasteiger partial charge in [0, 0.05) is 18.8 Å². The van der Waals surface area contributed by atoms with Crippen molar-refractivity contribution in [2.75, 3.05) is 0 Å². The number of nitrogens with zero attached hydrogens (tertiary/aromatic N) is 1. The minimum atomic E-state index is -0.113. The van der Waals surface area contributed by atoms with Crippen molar-refractivity contribution in [2.45, 2.75) is 39.2 Å². The predicted molar refractivity (Wildman–Crippen MR) is 67.0 cm³/mol. The maximum Gasteiger partial charge on any atom is 0.251 e. The maximum atomic E-state index is 11.1. The van der Waals surface area contributed by atoms with E-state index in [1.165, 1.54) is 25.7 Å². The van der Waals surface area contributed by atoms with Crippen LogP contribution < -0.4 is 5.56 Å². The van der Waals surface area contributed by atoms with Gasteiger partial charge in [0.2, 0.25) is 0 Å². The fourth-order valence-corrected chi connectivity index (χ4v) is 2.74. The molecule has 0 amide bonds. The van der Waals surface area contributed by atoms with Gasteiger partial charge < -0.3 is 4.57 Å². The molecular formula is C12H18N2OS. The second-order valence-electron chi connectivity index (χ2n) is 4.78. The quantitative estimate of drug-likeness (QED) is 0.804. The van der Waals surface area contributed by atoms with Crippen LogP contribution in [0.25, 0.3) is 0 Å². The number of nitrogens with one attached hydrogen (secondary N) is 1. The van der Waals surface area contributed by atoms with Gasteiger partial charge in [0.15, 0.2) is 4.77 Å². The fourth-order valence-electron chi connectivity index (χ4n) is 2.50. The molecule has 0 aromatic carbocycles. The van der Waals surface area contributed by atoms with E-state index in [9.17, 15) is 4.79 Å². The van der Waals surface area contributed by atoms with Crippen LogP contribution >= 0.6 is 12.2 Å². The lowest BCUT2D eigenvalue weighted by atomic mass is 9.80. The summed E-state index contributed by atoms with van der Waals surface area (Å²) in [6, 6.07) is 1.54. The number of H-pyrrole nitrogens is 1. The lowest BCUT2D eigenvalue weighted by Crippen LogP contribution is -2.23. The van der Waals surface area contributed by atoms with Gasteiger partial charge in [-0.3, -0.25) is 9.78 Å². The van der Waals surface area contributed by atoms with Crippen LogP contribution in [0.2, 0.25) is 0 Å². The van der Waals surface area contributed by atoms with E-state index in [1.807, 2.05) is 10.8 Å². The van der Waals surface area contributed by atoms with Crippen LogP contribution in [0.15, 0.2) is 17.1 Å². The van der Waals surface area contributed by atoms with Gasteiger partial charge >= 0.3 is 0 Å². The molecular weight excluding hydrogens is 220 g/mol. The molecule has 0 radical (unpaired) electrons. The molecule has 0 bridgehead atoms. The Morgan fingerprint density at radius 1 is 1.50 bits per heavy atom. The van der Waals surface area contributed by atoms with Gasteiger partial charge in [0.1, 0.15) is 0 Å². The van der Waals surface area contributed by atoms with E-state index in [1.54, 1.807) is 6.07 Å². The highest BCUT2D eigenvalue weighted by atomic mass is 32.1. The summed E-state index contributed by atoms with van der Waals surface area (Å²) in [4.78, 5) is 13.7. The molecule has 3 nitrogen and oxygen atoms in total. The van der Waals surface area contributed by atoms with Crippen LogP contribution in [0, 0.1) is 16.6 Å². The zero-order valence-electron chi connectivity index (χ0n) is 9.61. The van der Waals surface area contributed by atoms with Crippen LogP contribution in [0.1, 0.15) is 32.6 Å². The van der Waals surface area contributed by atoms with Crippen molar-refractivity contribution >= 4 is 12.2 Å². The summed E-state index contributed by atoms with van der Waals surface area (Å²) in [6.45, 7) is 3.26. The lowest BCUT2D eigenvalue weighted by molar-refractivity contribution is 0.227. The van der Waals surface area contributed by atoms with Crippen molar-refractivity contribution in [3.63, 3.8) is 0 Å². The third-order valence-corrected chi connectivity index (χ3v) is 3.95. The van der Waals surface area contributed by atoms with Crippen LogP contribution in [0.5, 0.6) is 0 Å². The van der Waals surface area contributed by atoms with Crippen LogP contribution in [0.3, 0.4) is 0 Å². The lowest BCUT2D eigenvalue weighted by Gasteiger charge is -2.29. The Hall–Kier alpha value is -0.900. The molecule has 2 atom stereocenters. The summed E-state index contributed by atoms with van der Waals surface area (Å²) in [6.07, 6.45) is 7.09. The van der Waals surface area contributed by atoms with Crippen LogP contribution in [0.4, 0.5) is 0 Å². The largest absolute Gasteiger partial charge is 0.325 e. The number of hydrogen-bond acceptors (Lipinski definition) is 2. The molecule has 88 valence electrons. The van der Waals surface area contributed by atoms with E-state index in [0.717, 1.165) is 12.5 Å². The molecule has 0 aliphatic heterocycles. The van der Waals surface area contributed by atoms with Gasteiger partial charge in [0.25, 0.3) is 5.56 Å². The third-order valence-electron chi connectivity index (χ3n) is 3.62.